The predicted octanol–water partition coefficient (Wildman–Crippen LogP) is 0.711. The van der Waals surface area contributed by atoms with E-state index in [1.54, 1.807) is 20.9 Å². The van der Waals surface area contributed by atoms with Gasteiger partial charge >= 0.3 is 0 Å². The summed E-state index contributed by atoms with van der Waals surface area (Å²) in [4.78, 5) is 15.4. The van der Waals surface area contributed by atoms with Crippen LogP contribution < -0.4 is 11.1 Å². The van der Waals surface area contributed by atoms with Crippen molar-refractivity contribution in [1.29, 1.82) is 0 Å². The Morgan fingerprint density at radius 1 is 1.50 bits per heavy atom. The van der Waals surface area contributed by atoms with Gasteiger partial charge in [0.25, 0.3) is 0 Å². The van der Waals surface area contributed by atoms with Crippen LogP contribution in [0.3, 0.4) is 0 Å². The molecule has 0 saturated carbocycles. The molecule has 14 heavy (non-hydrogen) atoms. The Labute approximate surface area is 86.0 Å². The number of carbonyl (C=O) groups excluding carboxylic acids is 1. The van der Waals surface area contributed by atoms with Gasteiger partial charge in [0, 0.05) is 6.54 Å². The number of rotatable bonds is 6. The number of ketones is 1. The summed E-state index contributed by atoms with van der Waals surface area (Å²) in [6, 6.07) is 0. The second kappa shape index (κ2) is 5.75. The molecule has 4 nitrogen and oxygen atoms in total. The van der Waals surface area contributed by atoms with Gasteiger partial charge in [-0.15, -0.1) is 0 Å². The first-order valence-electron chi connectivity index (χ1n) is 4.89. The molecule has 0 bridgehead atoms. The maximum Gasteiger partial charge on any atom is 0.149 e. The highest BCUT2D eigenvalue weighted by Crippen LogP contribution is 2.12. The molecule has 0 aromatic heterocycles. The van der Waals surface area contributed by atoms with Crippen LogP contribution >= 0.6 is 0 Å². The van der Waals surface area contributed by atoms with Gasteiger partial charge in [-0.05, 0) is 40.7 Å². The van der Waals surface area contributed by atoms with Gasteiger partial charge in [0.15, 0.2) is 0 Å². The van der Waals surface area contributed by atoms with Gasteiger partial charge in [0.05, 0.1) is 11.4 Å². The number of nitrogens with zero attached hydrogens (tertiary/aromatic N) is 1. The summed E-state index contributed by atoms with van der Waals surface area (Å²) in [5, 5.41) is 3.04. The number of aliphatic imine (C=N–C) groups is 1. The smallest absolute Gasteiger partial charge is 0.149 e. The number of hydrogen-bond acceptors (Lipinski definition) is 3. The number of carbonyl (C=O) groups is 1. The lowest BCUT2D eigenvalue weighted by Crippen LogP contribution is -2.46. The fourth-order valence-corrected chi connectivity index (χ4v) is 1.17. The van der Waals surface area contributed by atoms with E-state index >= 15 is 0 Å². The molecule has 0 aliphatic heterocycles. The van der Waals surface area contributed by atoms with E-state index in [-0.39, 0.29) is 5.78 Å². The van der Waals surface area contributed by atoms with Crippen molar-refractivity contribution in [1.82, 2.24) is 5.32 Å². The summed E-state index contributed by atoms with van der Waals surface area (Å²) in [6.07, 6.45) is 1.65. The first-order valence-corrected chi connectivity index (χ1v) is 4.89. The summed E-state index contributed by atoms with van der Waals surface area (Å²) < 4.78 is 0. The van der Waals surface area contributed by atoms with Crippen molar-refractivity contribution in [3.63, 3.8) is 0 Å². The molecule has 0 aliphatic carbocycles. The Morgan fingerprint density at radius 3 is 2.43 bits per heavy atom. The zero-order valence-corrected chi connectivity index (χ0v) is 9.55. The number of nitrogens with one attached hydrogen (secondary N) is 1. The van der Waals surface area contributed by atoms with Crippen molar-refractivity contribution in [2.75, 3.05) is 13.6 Å². The molecule has 0 rings (SSSR count). The Kier molecular flexibility index (Phi) is 5.38. The standard InChI is InChI=1S/C10H21N3O/c1-8(14)10(3,12-4)6-5-7-13-9(2)11/h12H,5-7H2,1-4H3,(H2,11,13)/t10-/m0/s1. The van der Waals surface area contributed by atoms with E-state index in [0.29, 0.717) is 12.4 Å². The van der Waals surface area contributed by atoms with Gasteiger partial charge in [-0.25, -0.2) is 0 Å². The lowest BCUT2D eigenvalue weighted by atomic mass is 9.92. The minimum Gasteiger partial charge on any atom is -0.388 e. The molecule has 0 spiro atoms. The number of hydrogen-bond donors (Lipinski definition) is 2. The summed E-state index contributed by atoms with van der Waals surface area (Å²) in [5.41, 5.74) is 4.98. The Hall–Kier alpha value is -0.900. The molecular formula is C10H21N3O. The lowest BCUT2D eigenvalue weighted by molar-refractivity contribution is -0.122. The molecule has 0 heterocycles. The summed E-state index contributed by atoms with van der Waals surface area (Å²) in [6.45, 7) is 5.97. The Morgan fingerprint density at radius 2 is 2.07 bits per heavy atom. The predicted molar refractivity (Wildman–Crippen MR) is 59.5 cm³/mol. The SMILES string of the molecule is CN[C@@](C)(CCCN=C(C)N)C(C)=O. The highest BCUT2D eigenvalue weighted by atomic mass is 16.1. The van der Waals surface area contributed by atoms with Crippen LogP contribution in [0.15, 0.2) is 4.99 Å². The summed E-state index contributed by atoms with van der Waals surface area (Å²) in [5.74, 6) is 0.757. The van der Waals surface area contributed by atoms with E-state index < -0.39 is 5.54 Å². The van der Waals surface area contributed by atoms with Crippen molar-refractivity contribution < 1.29 is 4.79 Å². The Bertz CT molecular complexity index is 221. The monoisotopic (exact) mass is 199 g/mol. The molecule has 0 saturated heterocycles. The highest BCUT2D eigenvalue weighted by Gasteiger charge is 2.26. The molecule has 0 aliphatic rings. The van der Waals surface area contributed by atoms with Crippen molar-refractivity contribution in [2.45, 2.75) is 39.2 Å². The minimum absolute atomic E-state index is 0.161. The van der Waals surface area contributed by atoms with Crippen molar-refractivity contribution >= 4 is 11.6 Å². The molecule has 0 aromatic rings. The second-order valence-corrected chi connectivity index (χ2v) is 3.76. The largest absolute Gasteiger partial charge is 0.388 e. The van der Waals surface area contributed by atoms with E-state index in [9.17, 15) is 4.79 Å². The number of amidine groups is 1. The quantitative estimate of drug-likeness (QED) is 0.376. The molecule has 0 aromatic carbocycles. The molecular weight excluding hydrogens is 178 g/mol. The number of Topliss-reactive ketones (excluding diaryl/α,β-unsaturated/α-hetero) is 1. The van der Waals surface area contributed by atoms with Crippen LogP contribution in [0.2, 0.25) is 0 Å². The third kappa shape index (κ3) is 4.37. The van der Waals surface area contributed by atoms with E-state index in [0.717, 1.165) is 12.8 Å². The second-order valence-electron chi connectivity index (χ2n) is 3.76. The maximum absolute atomic E-state index is 11.3. The van der Waals surface area contributed by atoms with Crippen LogP contribution in [0.1, 0.15) is 33.6 Å². The molecule has 4 heteroatoms. The third-order valence-electron chi connectivity index (χ3n) is 2.52. The van der Waals surface area contributed by atoms with Gasteiger partial charge in [-0.2, -0.15) is 0 Å². The first-order chi connectivity index (χ1) is 6.42. The van der Waals surface area contributed by atoms with Gasteiger partial charge in [0.1, 0.15) is 5.78 Å². The molecule has 82 valence electrons. The first kappa shape index (κ1) is 13.1. The lowest BCUT2D eigenvalue weighted by Gasteiger charge is -2.25. The molecule has 0 fully saturated rings. The van der Waals surface area contributed by atoms with Crippen LogP contribution in [0.4, 0.5) is 0 Å². The zero-order valence-electron chi connectivity index (χ0n) is 9.55. The van der Waals surface area contributed by atoms with Crippen LogP contribution in [0.25, 0.3) is 0 Å². The van der Waals surface area contributed by atoms with Gasteiger partial charge in [0.2, 0.25) is 0 Å². The van der Waals surface area contributed by atoms with E-state index in [4.69, 9.17) is 5.73 Å². The van der Waals surface area contributed by atoms with Crippen molar-refractivity contribution in [3.05, 3.63) is 0 Å². The minimum atomic E-state index is -0.419. The highest BCUT2D eigenvalue weighted by molar-refractivity contribution is 5.85. The average Bonchev–Trinajstić information content (AvgIpc) is 2.11. The molecule has 3 N–H and O–H groups in total. The van der Waals surface area contributed by atoms with Gasteiger partial charge < -0.3 is 11.1 Å². The molecule has 1 atom stereocenters. The van der Waals surface area contributed by atoms with Gasteiger partial charge in [-0.1, -0.05) is 0 Å². The zero-order chi connectivity index (χ0) is 11.2. The topological polar surface area (TPSA) is 67.5 Å². The number of likely N-dealkylation sites (N-methyl/N-ethyl adjacent to an activating group) is 1. The van der Waals surface area contributed by atoms with Crippen molar-refractivity contribution in [3.8, 4) is 0 Å². The fraction of sp³-hybridized carbons (Fsp3) is 0.800. The molecule has 0 amide bonds. The van der Waals surface area contributed by atoms with E-state index in [1.807, 2.05) is 6.92 Å². The Balaban J connectivity index is 3.97. The fourth-order valence-electron chi connectivity index (χ4n) is 1.17. The van der Waals surface area contributed by atoms with E-state index in [1.165, 1.54) is 0 Å². The average molecular weight is 199 g/mol. The molecule has 0 unspecified atom stereocenters. The van der Waals surface area contributed by atoms with Gasteiger partial charge in [-0.3, -0.25) is 9.79 Å². The molecule has 0 radical (unpaired) electrons. The van der Waals surface area contributed by atoms with Crippen LogP contribution in [0.5, 0.6) is 0 Å². The summed E-state index contributed by atoms with van der Waals surface area (Å²) in [7, 11) is 1.80. The summed E-state index contributed by atoms with van der Waals surface area (Å²) >= 11 is 0. The normalized spacial score (nSPS) is 16.4. The maximum atomic E-state index is 11.3. The van der Waals surface area contributed by atoms with Crippen LogP contribution in [-0.4, -0.2) is 30.8 Å². The van der Waals surface area contributed by atoms with Crippen LogP contribution in [-0.2, 0) is 4.79 Å². The van der Waals surface area contributed by atoms with Crippen LogP contribution in [0, 0.1) is 0 Å². The number of nitrogens with two attached hydrogens (primary N) is 1. The van der Waals surface area contributed by atoms with Crippen molar-refractivity contribution in [2.24, 2.45) is 10.7 Å². The third-order valence-corrected chi connectivity index (χ3v) is 2.52. The van der Waals surface area contributed by atoms with E-state index in [2.05, 4.69) is 10.3 Å².